The number of rotatable bonds is 3. The van der Waals surface area contributed by atoms with Gasteiger partial charge in [-0.05, 0) is 24.5 Å². The minimum atomic E-state index is -0.192. The summed E-state index contributed by atoms with van der Waals surface area (Å²) in [6.07, 6.45) is 7.38. The maximum atomic E-state index is 13.7. The molecule has 1 aromatic carbocycles. The Morgan fingerprint density at radius 1 is 1.29 bits per heavy atom. The van der Waals surface area contributed by atoms with Gasteiger partial charge in [0.05, 0.1) is 0 Å². The Bertz CT molecular complexity index is 374. The van der Waals surface area contributed by atoms with Gasteiger partial charge < -0.3 is 5.73 Å². The second-order valence-electron chi connectivity index (χ2n) is 5.01. The predicted octanol–water partition coefficient (Wildman–Crippen LogP) is 4.56. The van der Waals surface area contributed by atoms with Crippen molar-refractivity contribution in [3.63, 3.8) is 0 Å². The van der Waals surface area contributed by atoms with Crippen LogP contribution in [0.3, 0.4) is 0 Å². The van der Waals surface area contributed by atoms with Crippen LogP contribution in [-0.4, -0.2) is 0 Å². The Morgan fingerprint density at radius 3 is 2.65 bits per heavy atom. The molecule has 0 aromatic heterocycles. The molecule has 2 N–H and O–H groups in total. The predicted molar refractivity (Wildman–Crippen MR) is 72.2 cm³/mol. The highest BCUT2D eigenvalue weighted by Crippen LogP contribution is 2.32. The molecule has 0 radical (unpaired) electrons. The third-order valence-corrected chi connectivity index (χ3v) is 4.17. The summed E-state index contributed by atoms with van der Waals surface area (Å²) < 4.78 is 14.5. The maximum Gasteiger partial charge on any atom is 0.129 e. The summed E-state index contributed by atoms with van der Waals surface area (Å²) >= 11 is 3.26. The molecule has 1 atom stereocenters. The van der Waals surface area contributed by atoms with Crippen LogP contribution in [0, 0.1) is 11.7 Å². The lowest BCUT2D eigenvalue weighted by Crippen LogP contribution is -2.18. The summed E-state index contributed by atoms with van der Waals surface area (Å²) in [6, 6.07) is 4.99. The van der Waals surface area contributed by atoms with Crippen LogP contribution in [0.15, 0.2) is 22.7 Å². The van der Waals surface area contributed by atoms with Gasteiger partial charge in [-0.15, -0.1) is 0 Å². The van der Waals surface area contributed by atoms with E-state index in [0.717, 1.165) is 10.9 Å². The van der Waals surface area contributed by atoms with E-state index in [1.807, 2.05) is 6.07 Å². The molecule has 3 heteroatoms. The van der Waals surface area contributed by atoms with Crippen LogP contribution in [-0.2, 0) is 0 Å². The topological polar surface area (TPSA) is 26.0 Å². The quantitative estimate of drug-likeness (QED) is 0.870. The molecule has 0 bridgehead atoms. The molecule has 1 fully saturated rings. The maximum absolute atomic E-state index is 13.7. The van der Waals surface area contributed by atoms with E-state index in [4.69, 9.17) is 5.73 Å². The van der Waals surface area contributed by atoms with Gasteiger partial charge in [-0.3, -0.25) is 0 Å². The van der Waals surface area contributed by atoms with E-state index in [1.165, 1.54) is 38.2 Å². The molecule has 94 valence electrons. The molecular formula is C14H19BrFN. The van der Waals surface area contributed by atoms with Crippen molar-refractivity contribution in [3.05, 3.63) is 34.1 Å². The first-order valence-electron chi connectivity index (χ1n) is 6.37. The number of hydrogen-bond donors (Lipinski definition) is 1. The molecule has 1 unspecified atom stereocenters. The van der Waals surface area contributed by atoms with Crippen molar-refractivity contribution < 1.29 is 4.39 Å². The van der Waals surface area contributed by atoms with Crippen molar-refractivity contribution in [2.45, 2.75) is 44.6 Å². The fourth-order valence-corrected chi connectivity index (χ4v) is 3.04. The van der Waals surface area contributed by atoms with E-state index in [1.54, 1.807) is 6.07 Å². The van der Waals surface area contributed by atoms with Crippen LogP contribution < -0.4 is 5.73 Å². The molecular weight excluding hydrogens is 281 g/mol. The highest BCUT2D eigenvalue weighted by atomic mass is 79.9. The summed E-state index contributed by atoms with van der Waals surface area (Å²) in [5.74, 6) is 0.490. The van der Waals surface area contributed by atoms with Crippen molar-refractivity contribution in [2.75, 3.05) is 0 Å². The van der Waals surface area contributed by atoms with E-state index in [2.05, 4.69) is 15.9 Å². The minimum Gasteiger partial charge on any atom is -0.324 e. The zero-order valence-electron chi connectivity index (χ0n) is 9.96. The standard InChI is InChI=1S/C14H19BrFN/c15-11-6-7-12(13(16)9-11)14(17)8-10-4-2-1-3-5-10/h6-7,9-10,14H,1-5,8,17H2. The van der Waals surface area contributed by atoms with Crippen molar-refractivity contribution in [1.29, 1.82) is 0 Å². The van der Waals surface area contributed by atoms with Gasteiger partial charge in [-0.25, -0.2) is 4.39 Å². The van der Waals surface area contributed by atoms with E-state index >= 15 is 0 Å². The van der Waals surface area contributed by atoms with Gasteiger partial charge in [0.2, 0.25) is 0 Å². The Labute approximate surface area is 111 Å². The van der Waals surface area contributed by atoms with E-state index in [9.17, 15) is 4.39 Å². The molecule has 1 aliphatic rings. The number of nitrogens with two attached hydrogens (primary N) is 1. The van der Waals surface area contributed by atoms with E-state index in [0.29, 0.717) is 11.5 Å². The second kappa shape index (κ2) is 5.96. The third kappa shape index (κ3) is 3.52. The van der Waals surface area contributed by atoms with Crippen molar-refractivity contribution in [3.8, 4) is 0 Å². The Hall–Kier alpha value is -0.410. The molecule has 1 aromatic rings. The molecule has 1 aliphatic carbocycles. The summed E-state index contributed by atoms with van der Waals surface area (Å²) in [4.78, 5) is 0. The Morgan fingerprint density at radius 2 is 2.00 bits per heavy atom. The van der Waals surface area contributed by atoms with Crippen LogP contribution >= 0.6 is 15.9 Å². The lowest BCUT2D eigenvalue weighted by atomic mass is 9.83. The van der Waals surface area contributed by atoms with Crippen molar-refractivity contribution in [1.82, 2.24) is 0 Å². The van der Waals surface area contributed by atoms with Crippen LogP contribution in [0.5, 0.6) is 0 Å². The van der Waals surface area contributed by atoms with Crippen molar-refractivity contribution in [2.24, 2.45) is 11.7 Å². The zero-order valence-corrected chi connectivity index (χ0v) is 11.5. The van der Waals surface area contributed by atoms with E-state index < -0.39 is 0 Å². The summed E-state index contributed by atoms with van der Waals surface area (Å²) in [6.45, 7) is 0. The Balaban J connectivity index is 2.00. The second-order valence-corrected chi connectivity index (χ2v) is 5.93. The SMILES string of the molecule is NC(CC1CCCCC1)c1ccc(Br)cc1F. The molecule has 0 amide bonds. The van der Waals surface area contributed by atoms with Crippen molar-refractivity contribution >= 4 is 15.9 Å². The first-order chi connectivity index (χ1) is 8.16. The fourth-order valence-electron chi connectivity index (χ4n) is 2.71. The first kappa shape index (κ1) is 13.0. The smallest absolute Gasteiger partial charge is 0.129 e. The van der Waals surface area contributed by atoms with Gasteiger partial charge in [-0.1, -0.05) is 54.1 Å². The highest BCUT2D eigenvalue weighted by molar-refractivity contribution is 9.10. The fraction of sp³-hybridized carbons (Fsp3) is 0.571. The molecule has 0 heterocycles. The van der Waals surface area contributed by atoms with Crippen LogP contribution in [0.25, 0.3) is 0 Å². The van der Waals surface area contributed by atoms with E-state index in [-0.39, 0.29) is 11.9 Å². The molecule has 1 saturated carbocycles. The molecule has 1 nitrogen and oxygen atoms in total. The molecule has 0 spiro atoms. The number of hydrogen-bond acceptors (Lipinski definition) is 1. The van der Waals surface area contributed by atoms with Gasteiger partial charge in [0.25, 0.3) is 0 Å². The zero-order chi connectivity index (χ0) is 12.3. The van der Waals surface area contributed by atoms with Gasteiger partial charge in [-0.2, -0.15) is 0 Å². The largest absolute Gasteiger partial charge is 0.324 e. The van der Waals surface area contributed by atoms with Crippen LogP contribution in [0.2, 0.25) is 0 Å². The van der Waals surface area contributed by atoms with Gasteiger partial charge >= 0.3 is 0 Å². The normalized spacial score (nSPS) is 19.2. The summed E-state index contributed by atoms with van der Waals surface area (Å²) in [7, 11) is 0. The number of benzene rings is 1. The van der Waals surface area contributed by atoms with Gasteiger partial charge in [0.15, 0.2) is 0 Å². The van der Waals surface area contributed by atoms with Crippen LogP contribution in [0.4, 0.5) is 4.39 Å². The molecule has 0 saturated heterocycles. The first-order valence-corrected chi connectivity index (χ1v) is 7.16. The molecule has 0 aliphatic heterocycles. The van der Waals surface area contributed by atoms with Gasteiger partial charge in [0, 0.05) is 16.1 Å². The lowest BCUT2D eigenvalue weighted by Gasteiger charge is -2.24. The molecule has 17 heavy (non-hydrogen) atoms. The minimum absolute atomic E-state index is 0.161. The van der Waals surface area contributed by atoms with Gasteiger partial charge in [0.1, 0.15) is 5.82 Å². The summed E-state index contributed by atoms with van der Waals surface area (Å²) in [5, 5.41) is 0. The number of halogens is 2. The average molecular weight is 300 g/mol. The average Bonchev–Trinajstić information content (AvgIpc) is 2.30. The third-order valence-electron chi connectivity index (χ3n) is 3.67. The summed E-state index contributed by atoms with van der Waals surface area (Å²) in [5.41, 5.74) is 6.77. The monoisotopic (exact) mass is 299 g/mol. The molecule has 2 rings (SSSR count). The lowest BCUT2D eigenvalue weighted by molar-refractivity contribution is 0.317. The Kier molecular flexibility index (Phi) is 4.57. The highest BCUT2D eigenvalue weighted by Gasteiger charge is 2.19. The van der Waals surface area contributed by atoms with Crippen LogP contribution in [0.1, 0.15) is 50.1 Å².